The number of unbranched alkanes of at least 4 members (excludes halogenated alkanes) is 1. The molecule has 0 radical (unpaired) electrons. The largest absolute Gasteiger partial charge is 0.338 e. The van der Waals surface area contributed by atoms with Gasteiger partial charge in [0.25, 0.3) is 0 Å². The van der Waals surface area contributed by atoms with Gasteiger partial charge in [-0.25, -0.2) is 4.79 Å². The second-order valence-electron chi connectivity index (χ2n) is 8.10. The third-order valence-electron chi connectivity index (χ3n) is 6.52. The lowest BCUT2D eigenvalue weighted by Gasteiger charge is -2.33. The number of fused-ring (bicyclic) bond motifs is 2. The Bertz CT molecular complexity index is 416. The van der Waals surface area contributed by atoms with Crippen LogP contribution in [0.4, 0.5) is 4.79 Å². The van der Waals surface area contributed by atoms with Crippen molar-refractivity contribution in [3.05, 3.63) is 0 Å². The van der Waals surface area contributed by atoms with Gasteiger partial charge in [-0.15, -0.1) is 0 Å². The van der Waals surface area contributed by atoms with Crippen molar-refractivity contribution in [2.24, 2.45) is 0 Å². The summed E-state index contributed by atoms with van der Waals surface area (Å²) >= 11 is 0. The lowest BCUT2D eigenvalue weighted by atomic mass is 10.0. The summed E-state index contributed by atoms with van der Waals surface area (Å²) in [4.78, 5) is 19.6. The average Bonchev–Trinajstić information content (AvgIpc) is 2.81. The minimum Gasteiger partial charge on any atom is -0.338 e. The van der Waals surface area contributed by atoms with Gasteiger partial charge in [-0.2, -0.15) is 0 Å². The zero-order valence-corrected chi connectivity index (χ0v) is 15.7. The first-order valence-electron chi connectivity index (χ1n) is 10.1. The van der Waals surface area contributed by atoms with E-state index < -0.39 is 0 Å². The molecule has 3 atom stereocenters. The second kappa shape index (κ2) is 8.52. The van der Waals surface area contributed by atoms with Gasteiger partial charge in [0.05, 0.1) is 0 Å². The first-order valence-corrected chi connectivity index (χ1v) is 10.1. The van der Waals surface area contributed by atoms with E-state index in [9.17, 15) is 4.79 Å². The highest BCUT2D eigenvalue weighted by atomic mass is 16.2. The smallest absolute Gasteiger partial charge is 0.317 e. The van der Waals surface area contributed by atoms with Crippen LogP contribution < -0.4 is 5.32 Å². The van der Waals surface area contributed by atoms with Crippen LogP contribution in [-0.2, 0) is 0 Å². The Labute approximate surface area is 147 Å². The molecule has 0 spiro atoms. The van der Waals surface area contributed by atoms with Crippen LogP contribution in [0.2, 0.25) is 0 Å². The van der Waals surface area contributed by atoms with Crippen molar-refractivity contribution >= 4 is 6.03 Å². The van der Waals surface area contributed by atoms with Crippen LogP contribution in [0.3, 0.4) is 0 Å². The first kappa shape index (κ1) is 18.0. The summed E-state index contributed by atoms with van der Waals surface area (Å²) in [6.45, 7) is 7.45. The van der Waals surface area contributed by atoms with Crippen molar-refractivity contribution in [3.8, 4) is 0 Å². The van der Waals surface area contributed by atoms with Crippen LogP contribution in [-0.4, -0.2) is 78.6 Å². The van der Waals surface area contributed by atoms with Crippen molar-refractivity contribution < 1.29 is 4.79 Å². The Balaban J connectivity index is 1.31. The number of nitrogens with zero attached hydrogens (tertiary/aromatic N) is 3. The molecule has 24 heavy (non-hydrogen) atoms. The predicted octanol–water partition coefficient (Wildman–Crippen LogP) is 2.52. The molecule has 5 heteroatoms. The fraction of sp³-hybridized carbons (Fsp3) is 0.947. The molecule has 0 aliphatic carbocycles. The van der Waals surface area contributed by atoms with Crippen LogP contribution in [0.5, 0.6) is 0 Å². The van der Waals surface area contributed by atoms with Crippen LogP contribution >= 0.6 is 0 Å². The topological polar surface area (TPSA) is 38.8 Å². The van der Waals surface area contributed by atoms with Crippen molar-refractivity contribution in [2.75, 3.05) is 39.8 Å². The summed E-state index contributed by atoms with van der Waals surface area (Å²) in [5.41, 5.74) is 0. The van der Waals surface area contributed by atoms with Crippen LogP contribution in [0.1, 0.15) is 58.3 Å². The number of nitrogens with one attached hydrogen (secondary N) is 1. The van der Waals surface area contributed by atoms with Crippen molar-refractivity contribution in [3.63, 3.8) is 0 Å². The Morgan fingerprint density at radius 1 is 1.04 bits per heavy atom. The normalized spacial score (nSPS) is 31.9. The van der Waals surface area contributed by atoms with Gasteiger partial charge >= 0.3 is 6.03 Å². The number of urea groups is 1. The summed E-state index contributed by atoms with van der Waals surface area (Å²) in [6, 6.07) is 2.17. The molecule has 0 aromatic rings. The van der Waals surface area contributed by atoms with E-state index in [1.54, 1.807) is 0 Å². The summed E-state index contributed by atoms with van der Waals surface area (Å²) in [5, 5.41) is 3.15. The van der Waals surface area contributed by atoms with Crippen molar-refractivity contribution in [2.45, 2.75) is 76.4 Å². The fourth-order valence-corrected chi connectivity index (χ4v) is 4.73. The maximum Gasteiger partial charge on any atom is 0.317 e. The van der Waals surface area contributed by atoms with Crippen molar-refractivity contribution in [1.82, 2.24) is 20.0 Å². The number of rotatable bonds is 5. The number of carbonyl (C=O) groups excluding carboxylic acids is 1. The monoisotopic (exact) mass is 336 g/mol. The number of carbonyl (C=O) groups is 1. The standard InChI is InChI=1S/C19H36N4O/c1-16-7-3-5-12-22(16)13-6-4-11-20-19(24)23-14-10-17-8-9-18(15-23)21(17)2/h16-18H,3-15H2,1-2H3,(H,20,24)/t16-,17+,18-/m0/s1. The third kappa shape index (κ3) is 4.42. The van der Waals surface area contributed by atoms with E-state index in [-0.39, 0.29) is 6.03 Å². The lowest BCUT2D eigenvalue weighted by molar-refractivity contribution is 0.157. The third-order valence-corrected chi connectivity index (χ3v) is 6.52. The molecule has 2 bridgehead atoms. The molecular formula is C19H36N4O. The quantitative estimate of drug-likeness (QED) is 0.784. The molecule has 3 heterocycles. The Morgan fingerprint density at radius 2 is 1.88 bits per heavy atom. The minimum atomic E-state index is 0.155. The number of likely N-dealkylation sites (tertiary alicyclic amines) is 2. The molecule has 3 aliphatic rings. The molecule has 0 aromatic heterocycles. The van der Waals surface area contributed by atoms with E-state index in [0.717, 1.165) is 38.5 Å². The Hall–Kier alpha value is -0.810. The SMILES string of the molecule is C[C@H]1CCCCN1CCCCNC(=O)N1CC[C@H]2CC[C@@H](C1)N2C. The van der Waals surface area contributed by atoms with Crippen LogP contribution in [0.25, 0.3) is 0 Å². The fourth-order valence-electron chi connectivity index (χ4n) is 4.73. The molecule has 3 aliphatic heterocycles. The van der Waals surface area contributed by atoms with E-state index >= 15 is 0 Å². The van der Waals surface area contributed by atoms with Gasteiger partial charge in [0.2, 0.25) is 0 Å². The molecule has 0 unspecified atom stereocenters. The zero-order valence-electron chi connectivity index (χ0n) is 15.7. The van der Waals surface area contributed by atoms with E-state index in [1.807, 2.05) is 4.90 Å². The van der Waals surface area contributed by atoms with E-state index in [2.05, 4.69) is 29.1 Å². The number of amides is 2. The summed E-state index contributed by atoms with van der Waals surface area (Å²) < 4.78 is 0. The molecule has 3 saturated heterocycles. The molecule has 3 rings (SSSR count). The Kier molecular flexibility index (Phi) is 6.39. The van der Waals surface area contributed by atoms with Gasteiger partial charge < -0.3 is 15.1 Å². The summed E-state index contributed by atoms with van der Waals surface area (Å²) in [5.74, 6) is 0. The van der Waals surface area contributed by atoms with Gasteiger partial charge in [0.1, 0.15) is 0 Å². The maximum atomic E-state index is 12.4. The minimum absolute atomic E-state index is 0.155. The van der Waals surface area contributed by atoms with Gasteiger partial charge in [0, 0.05) is 37.8 Å². The predicted molar refractivity (Wildman–Crippen MR) is 98.3 cm³/mol. The number of hydrogen-bond acceptors (Lipinski definition) is 3. The second-order valence-corrected chi connectivity index (χ2v) is 8.10. The number of likely N-dealkylation sites (N-methyl/N-ethyl adjacent to an activating group) is 1. The lowest BCUT2D eigenvalue weighted by Crippen LogP contribution is -2.45. The maximum absolute atomic E-state index is 12.4. The molecule has 1 N–H and O–H groups in total. The van der Waals surface area contributed by atoms with E-state index in [4.69, 9.17) is 0 Å². The average molecular weight is 337 g/mol. The zero-order chi connectivity index (χ0) is 16.9. The summed E-state index contributed by atoms with van der Waals surface area (Å²) in [7, 11) is 2.23. The molecule has 0 aromatic carbocycles. The Morgan fingerprint density at radius 3 is 2.71 bits per heavy atom. The molecular weight excluding hydrogens is 300 g/mol. The van der Waals surface area contributed by atoms with Gasteiger partial charge in [-0.05, 0) is 72.0 Å². The van der Waals surface area contributed by atoms with E-state index in [0.29, 0.717) is 12.1 Å². The first-order chi connectivity index (χ1) is 11.6. The van der Waals surface area contributed by atoms with Crippen LogP contribution in [0, 0.1) is 0 Å². The highest BCUT2D eigenvalue weighted by Gasteiger charge is 2.35. The molecule has 3 fully saturated rings. The number of piperidine rings is 1. The molecule has 5 nitrogen and oxygen atoms in total. The molecule has 0 saturated carbocycles. The van der Waals surface area contributed by atoms with Crippen LogP contribution in [0.15, 0.2) is 0 Å². The van der Waals surface area contributed by atoms with E-state index in [1.165, 1.54) is 51.6 Å². The molecule has 138 valence electrons. The highest BCUT2D eigenvalue weighted by Crippen LogP contribution is 2.28. The van der Waals surface area contributed by atoms with Gasteiger partial charge in [-0.1, -0.05) is 6.42 Å². The number of hydrogen-bond donors (Lipinski definition) is 1. The molecule has 2 amide bonds. The highest BCUT2D eigenvalue weighted by molar-refractivity contribution is 5.74. The summed E-state index contributed by atoms with van der Waals surface area (Å²) in [6.07, 6.45) is 10.1. The van der Waals surface area contributed by atoms with Crippen molar-refractivity contribution in [1.29, 1.82) is 0 Å². The van der Waals surface area contributed by atoms with Gasteiger partial charge in [-0.3, -0.25) is 4.90 Å². The van der Waals surface area contributed by atoms with Gasteiger partial charge in [0.15, 0.2) is 0 Å².